The number of thiocarbonyl (C=S) groups is 1. The molecule has 0 radical (unpaired) electrons. The SMILES string of the molecule is COc1ccc(NC(=S)N2[C@H]3CCC[C@H]2CC(NC(C)=O)C3)cc1. The van der Waals surface area contributed by atoms with Crippen molar-refractivity contribution in [2.24, 2.45) is 0 Å². The molecule has 2 bridgehead atoms. The number of piperidine rings is 2. The third-order valence-electron chi connectivity index (χ3n) is 4.96. The average Bonchev–Trinajstić information content (AvgIpc) is 2.54. The quantitative estimate of drug-likeness (QED) is 0.824. The number of carbonyl (C=O) groups is 1. The number of benzene rings is 1. The largest absolute Gasteiger partial charge is 0.497 e. The number of nitrogens with one attached hydrogen (secondary N) is 2. The van der Waals surface area contributed by atoms with E-state index in [0.717, 1.165) is 42.2 Å². The second kappa shape index (κ2) is 7.38. The van der Waals surface area contributed by atoms with E-state index in [1.54, 1.807) is 14.0 Å². The van der Waals surface area contributed by atoms with Crippen LogP contribution in [0.15, 0.2) is 24.3 Å². The van der Waals surface area contributed by atoms with Crippen LogP contribution in [0.4, 0.5) is 5.69 Å². The molecule has 2 saturated heterocycles. The van der Waals surface area contributed by atoms with Crippen molar-refractivity contribution in [2.45, 2.75) is 57.2 Å². The van der Waals surface area contributed by atoms with Gasteiger partial charge in [0, 0.05) is 30.7 Å². The fourth-order valence-electron chi connectivity index (χ4n) is 3.98. The number of nitrogens with zero attached hydrogens (tertiary/aromatic N) is 1. The number of methoxy groups -OCH3 is 1. The number of ether oxygens (including phenoxy) is 1. The molecule has 1 aromatic rings. The van der Waals surface area contributed by atoms with Gasteiger partial charge in [-0.05, 0) is 68.6 Å². The fourth-order valence-corrected chi connectivity index (χ4v) is 4.40. The molecule has 2 N–H and O–H groups in total. The number of carbonyl (C=O) groups excluding carboxylic acids is 1. The maximum atomic E-state index is 11.4. The topological polar surface area (TPSA) is 53.6 Å². The van der Waals surface area contributed by atoms with E-state index in [1.807, 2.05) is 24.3 Å². The highest BCUT2D eigenvalue weighted by Gasteiger charge is 2.39. The standard InChI is InChI=1S/C18H25N3O2S/c1-12(22)19-14-10-15-4-3-5-16(11-14)21(15)18(24)20-13-6-8-17(23-2)9-7-13/h6-9,14-16H,3-5,10-11H2,1-2H3,(H,19,22)(H,20,24)/t15-,16-/m0/s1. The summed E-state index contributed by atoms with van der Waals surface area (Å²) in [5, 5.41) is 7.24. The normalized spacial score (nSPS) is 25.8. The second-order valence-electron chi connectivity index (χ2n) is 6.67. The number of anilines is 1. The third kappa shape index (κ3) is 3.80. The van der Waals surface area contributed by atoms with Gasteiger partial charge < -0.3 is 20.3 Å². The molecule has 130 valence electrons. The van der Waals surface area contributed by atoms with E-state index < -0.39 is 0 Å². The summed E-state index contributed by atoms with van der Waals surface area (Å²) >= 11 is 5.69. The first kappa shape index (κ1) is 17.0. The summed E-state index contributed by atoms with van der Waals surface area (Å²) < 4.78 is 5.19. The van der Waals surface area contributed by atoms with Gasteiger partial charge in [0.25, 0.3) is 0 Å². The van der Waals surface area contributed by atoms with Gasteiger partial charge in [0.15, 0.2) is 5.11 Å². The monoisotopic (exact) mass is 347 g/mol. The van der Waals surface area contributed by atoms with Crippen LogP contribution in [0.25, 0.3) is 0 Å². The summed E-state index contributed by atoms with van der Waals surface area (Å²) in [6.45, 7) is 1.60. The van der Waals surface area contributed by atoms with Crippen molar-refractivity contribution >= 4 is 28.9 Å². The van der Waals surface area contributed by atoms with Crippen molar-refractivity contribution in [1.82, 2.24) is 10.2 Å². The Morgan fingerprint density at radius 2 is 1.83 bits per heavy atom. The molecule has 2 atom stereocenters. The Morgan fingerprint density at radius 3 is 2.38 bits per heavy atom. The van der Waals surface area contributed by atoms with Gasteiger partial charge in [-0.15, -0.1) is 0 Å². The smallest absolute Gasteiger partial charge is 0.217 e. The van der Waals surface area contributed by atoms with Crippen LogP contribution in [-0.2, 0) is 4.79 Å². The maximum absolute atomic E-state index is 11.4. The van der Waals surface area contributed by atoms with Crippen LogP contribution in [-0.4, -0.2) is 41.2 Å². The van der Waals surface area contributed by atoms with E-state index in [4.69, 9.17) is 17.0 Å². The predicted molar refractivity (Wildman–Crippen MR) is 99.3 cm³/mol. The van der Waals surface area contributed by atoms with Gasteiger partial charge >= 0.3 is 0 Å². The minimum absolute atomic E-state index is 0.0606. The van der Waals surface area contributed by atoms with Gasteiger partial charge in [-0.3, -0.25) is 4.79 Å². The molecule has 6 heteroatoms. The molecule has 0 aliphatic carbocycles. The van der Waals surface area contributed by atoms with Crippen LogP contribution in [0.2, 0.25) is 0 Å². The van der Waals surface area contributed by atoms with Gasteiger partial charge in [-0.25, -0.2) is 0 Å². The van der Waals surface area contributed by atoms with Gasteiger partial charge in [0.05, 0.1) is 7.11 Å². The fraction of sp³-hybridized carbons (Fsp3) is 0.556. The van der Waals surface area contributed by atoms with Crippen LogP contribution >= 0.6 is 12.2 Å². The van der Waals surface area contributed by atoms with E-state index in [0.29, 0.717) is 12.1 Å². The lowest BCUT2D eigenvalue weighted by Crippen LogP contribution is -2.59. The molecule has 2 fully saturated rings. The Hall–Kier alpha value is -1.82. The molecule has 0 unspecified atom stereocenters. The first-order valence-corrected chi connectivity index (χ1v) is 8.98. The van der Waals surface area contributed by atoms with Crippen LogP contribution < -0.4 is 15.4 Å². The Bertz CT molecular complexity index is 591. The number of hydrogen-bond donors (Lipinski definition) is 2. The summed E-state index contributed by atoms with van der Waals surface area (Å²) in [6.07, 6.45) is 5.46. The van der Waals surface area contributed by atoms with Crippen molar-refractivity contribution in [2.75, 3.05) is 12.4 Å². The molecule has 2 heterocycles. The first-order chi connectivity index (χ1) is 11.6. The lowest BCUT2D eigenvalue weighted by molar-refractivity contribution is -0.120. The molecule has 0 spiro atoms. The van der Waals surface area contributed by atoms with Crippen molar-refractivity contribution in [3.8, 4) is 5.75 Å². The van der Waals surface area contributed by atoms with Crippen molar-refractivity contribution in [1.29, 1.82) is 0 Å². The first-order valence-electron chi connectivity index (χ1n) is 8.57. The molecule has 5 nitrogen and oxygen atoms in total. The van der Waals surface area contributed by atoms with E-state index in [-0.39, 0.29) is 11.9 Å². The van der Waals surface area contributed by atoms with Gasteiger partial charge in [-0.1, -0.05) is 0 Å². The highest BCUT2D eigenvalue weighted by atomic mass is 32.1. The van der Waals surface area contributed by atoms with Crippen molar-refractivity contribution in [3.05, 3.63) is 24.3 Å². The lowest BCUT2D eigenvalue weighted by Gasteiger charge is -2.50. The summed E-state index contributed by atoms with van der Waals surface area (Å²) in [6, 6.07) is 8.90. The molecule has 1 aromatic carbocycles. The van der Waals surface area contributed by atoms with Crippen molar-refractivity contribution < 1.29 is 9.53 Å². The molecular formula is C18H25N3O2S. The van der Waals surface area contributed by atoms with Crippen LogP contribution in [0.3, 0.4) is 0 Å². The predicted octanol–water partition coefficient (Wildman–Crippen LogP) is 2.91. The van der Waals surface area contributed by atoms with E-state index in [2.05, 4.69) is 15.5 Å². The molecule has 3 rings (SSSR count). The van der Waals surface area contributed by atoms with Crippen molar-refractivity contribution in [3.63, 3.8) is 0 Å². The van der Waals surface area contributed by atoms with Gasteiger partial charge in [0.1, 0.15) is 5.75 Å². The Kier molecular flexibility index (Phi) is 5.23. The van der Waals surface area contributed by atoms with Gasteiger partial charge in [-0.2, -0.15) is 0 Å². The van der Waals surface area contributed by atoms with E-state index in [1.165, 1.54) is 6.42 Å². The number of amides is 1. The molecule has 24 heavy (non-hydrogen) atoms. The summed E-state index contributed by atoms with van der Waals surface area (Å²) in [7, 11) is 1.66. The van der Waals surface area contributed by atoms with Gasteiger partial charge in [0.2, 0.25) is 5.91 Å². The Morgan fingerprint density at radius 1 is 1.21 bits per heavy atom. The zero-order valence-electron chi connectivity index (χ0n) is 14.2. The molecule has 0 aromatic heterocycles. The average molecular weight is 347 g/mol. The molecule has 1 amide bonds. The maximum Gasteiger partial charge on any atom is 0.217 e. The second-order valence-corrected chi connectivity index (χ2v) is 7.06. The molecule has 2 aliphatic rings. The number of rotatable bonds is 3. The number of fused-ring (bicyclic) bond motifs is 2. The zero-order valence-corrected chi connectivity index (χ0v) is 15.1. The highest BCUT2D eigenvalue weighted by molar-refractivity contribution is 7.80. The van der Waals surface area contributed by atoms with E-state index in [9.17, 15) is 4.79 Å². The summed E-state index contributed by atoms with van der Waals surface area (Å²) in [5.41, 5.74) is 0.975. The van der Waals surface area contributed by atoms with Crippen LogP contribution in [0.5, 0.6) is 5.75 Å². The molecular weight excluding hydrogens is 322 g/mol. The van der Waals surface area contributed by atoms with E-state index >= 15 is 0 Å². The zero-order chi connectivity index (χ0) is 17.1. The minimum Gasteiger partial charge on any atom is -0.497 e. The van der Waals surface area contributed by atoms with Crippen LogP contribution in [0, 0.1) is 0 Å². The summed E-state index contributed by atoms with van der Waals surface area (Å²) in [5.74, 6) is 0.893. The molecule has 2 aliphatic heterocycles. The minimum atomic E-state index is 0.0606. The Balaban J connectivity index is 1.66. The lowest BCUT2D eigenvalue weighted by atomic mass is 9.82. The number of hydrogen-bond acceptors (Lipinski definition) is 3. The highest BCUT2D eigenvalue weighted by Crippen LogP contribution is 2.34. The third-order valence-corrected chi connectivity index (χ3v) is 5.27. The Labute approximate surface area is 148 Å². The van der Waals surface area contributed by atoms with Crippen LogP contribution in [0.1, 0.15) is 39.0 Å². The summed E-state index contributed by atoms with van der Waals surface area (Å²) in [4.78, 5) is 13.7. The molecule has 0 saturated carbocycles.